The molecule has 0 radical (unpaired) electrons. The molecule has 0 aliphatic carbocycles. The molecule has 1 heterocycles. The van der Waals surface area contributed by atoms with E-state index in [0.29, 0.717) is 6.54 Å². The molecule has 0 aliphatic rings. The Morgan fingerprint density at radius 1 is 1.50 bits per heavy atom. The molecule has 0 aliphatic heterocycles. The number of pyridine rings is 1. The van der Waals surface area contributed by atoms with Crippen molar-refractivity contribution in [1.82, 2.24) is 4.98 Å². The number of sulfonamides is 1. The first kappa shape index (κ1) is 10.9. The molecular weight excluding hydrogens is 202 g/mol. The molecule has 1 rings (SSSR count). The molecule has 1 aromatic heterocycles. The molecule has 0 fully saturated rings. The van der Waals surface area contributed by atoms with Gasteiger partial charge in [0.2, 0.25) is 10.0 Å². The third kappa shape index (κ3) is 4.20. The largest absolute Gasteiger partial charge is 0.383 e. The van der Waals surface area contributed by atoms with Crippen molar-refractivity contribution in [2.24, 2.45) is 5.14 Å². The van der Waals surface area contributed by atoms with Crippen LogP contribution in [0, 0.1) is 6.92 Å². The number of nitrogens with one attached hydrogen (secondary N) is 1. The van der Waals surface area contributed by atoms with Crippen molar-refractivity contribution in [1.29, 1.82) is 0 Å². The summed E-state index contributed by atoms with van der Waals surface area (Å²) in [4.78, 5) is 4.05. The lowest BCUT2D eigenvalue weighted by atomic mass is 10.3. The van der Waals surface area contributed by atoms with Gasteiger partial charge in [0, 0.05) is 12.2 Å². The van der Waals surface area contributed by atoms with E-state index in [9.17, 15) is 8.42 Å². The zero-order valence-corrected chi connectivity index (χ0v) is 8.71. The van der Waals surface area contributed by atoms with E-state index < -0.39 is 10.0 Å². The van der Waals surface area contributed by atoms with Gasteiger partial charge in [-0.3, -0.25) is 4.98 Å². The molecule has 14 heavy (non-hydrogen) atoms. The van der Waals surface area contributed by atoms with E-state index in [1.807, 2.05) is 19.1 Å². The van der Waals surface area contributed by atoms with Crippen LogP contribution in [0.4, 0.5) is 5.69 Å². The summed E-state index contributed by atoms with van der Waals surface area (Å²) in [5.74, 6) is -0.0825. The zero-order valence-electron chi connectivity index (χ0n) is 7.90. The number of hydrogen-bond acceptors (Lipinski definition) is 4. The fraction of sp³-hybridized carbons (Fsp3) is 0.375. The van der Waals surface area contributed by atoms with Crippen LogP contribution in [-0.4, -0.2) is 25.7 Å². The lowest BCUT2D eigenvalue weighted by Gasteiger charge is -2.04. The summed E-state index contributed by atoms with van der Waals surface area (Å²) in [6.45, 7) is 2.18. The van der Waals surface area contributed by atoms with Gasteiger partial charge in [-0.05, 0) is 19.1 Å². The molecule has 0 unspecified atom stereocenters. The van der Waals surface area contributed by atoms with Crippen LogP contribution in [0.3, 0.4) is 0 Å². The summed E-state index contributed by atoms with van der Waals surface area (Å²) in [5.41, 5.74) is 1.71. The maximum absolute atomic E-state index is 10.6. The van der Waals surface area contributed by atoms with Crippen LogP contribution in [0.5, 0.6) is 0 Å². The zero-order chi connectivity index (χ0) is 10.6. The monoisotopic (exact) mass is 215 g/mol. The molecule has 0 atom stereocenters. The average Bonchev–Trinajstić information content (AvgIpc) is 2.06. The van der Waals surface area contributed by atoms with E-state index in [2.05, 4.69) is 10.3 Å². The summed E-state index contributed by atoms with van der Waals surface area (Å²) in [5, 5.41) is 7.75. The Balaban J connectivity index is 2.43. The minimum atomic E-state index is -3.39. The third-order valence-electron chi connectivity index (χ3n) is 1.63. The van der Waals surface area contributed by atoms with Gasteiger partial charge in [0.05, 0.1) is 17.6 Å². The quantitative estimate of drug-likeness (QED) is 0.745. The van der Waals surface area contributed by atoms with Gasteiger partial charge in [-0.15, -0.1) is 0 Å². The van der Waals surface area contributed by atoms with E-state index in [1.54, 1.807) is 6.20 Å². The van der Waals surface area contributed by atoms with Gasteiger partial charge in [0.1, 0.15) is 0 Å². The maximum atomic E-state index is 10.6. The highest BCUT2D eigenvalue weighted by atomic mass is 32.2. The number of rotatable bonds is 4. The highest BCUT2D eigenvalue weighted by molar-refractivity contribution is 7.89. The smallest absolute Gasteiger partial charge is 0.210 e. The van der Waals surface area contributed by atoms with E-state index in [0.717, 1.165) is 11.4 Å². The lowest BCUT2D eigenvalue weighted by molar-refractivity contribution is 0.598. The molecule has 0 amide bonds. The van der Waals surface area contributed by atoms with Crippen LogP contribution in [0.2, 0.25) is 0 Å². The van der Waals surface area contributed by atoms with Crippen LogP contribution in [0.15, 0.2) is 18.3 Å². The normalized spacial score (nSPS) is 11.3. The predicted molar refractivity (Wildman–Crippen MR) is 55.4 cm³/mol. The number of anilines is 1. The number of aryl methyl sites for hydroxylation is 1. The van der Waals surface area contributed by atoms with Crippen molar-refractivity contribution < 1.29 is 8.42 Å². The van der Waals surface area contributed by atoms with Gasteiger partial charge in [-0.2, -0.15) is 0 Å². The molecule has 0 aromatic carbocycles. The third-order valence-corrected chi connectivity index (χ3v) is 2.40. The van der Waals surface area contributed by atoms with Crippen molar-refractivity contribution in [3.63, 3.8) is 0 Å². The second kappa shape index (κ2) is 4.39. The summed E-state index contributed by atoms with van der Waals surface area (Å²) in [6, 6.07) is 3.69. The van der Waals surface area contributed by atoms with Crippen molar-refractivity contribution in [3.8, 4) is 0 Å². The number of nitrogens with zero attached hydrogens (tertiary/aromatic N) is 1. The molecule has 5 nitrogen and oxygen atoms in total. The number of hydrogen-bond donors (Lipinski definition) is 2. The Hall–Kier alpha value is -1.14. The fourth-order valence-corrected chi connectivity index (χ4v) is 1.30. The van der Waals surface area contributed by atoms with Gasteiger partial charge in [0.15, 0.2) is 0 Å². The molecule has 0 spiro atoms. The minimum absolute atomic E-state index is 0.0825. The topological polar surface area (TPSA) is 85.1 Å². The van der Waals surface area contributed by atoms with E-state index in [4.69, 9.17) is 5.14 Å². The molecule has 0 saturated heterocycles. The molecule has 6 heteroatoms. The minimum Gasteiger partial charge on any atom is -0.383 e. The van der Waals surface area contributed by atoms with Gasteiger partial charge in [-0.1, -0.05) is 0 Å². The lowest BCUT2D eigenvalue weighted by Crippen LogP contribution is -2.22. The average molecular weight is 215 g/mol. The van der Waals surface area contributed by atoms with Crippen LogP contribution in [0.25, 0.3) is 0 Å². The van der Waals surface area contributed by atoms with E-state index >= 15 is 0 Å². The first-order valence-electron chi connectivity index (χ1n) is 4.14. The molecule has 3 N–H and O–H groups in total. The van der Waals surface area contributed by atoms with Gasteiger partial charge >= 0.3 is 0 Å². The number of nitrogens with two attached hydrogens (primary N) is 1. The van der Waals surface area contributed by atoms with Crippen molar-refractivity contribution >= 4 is 15.7 Å². The SMILES string of the molecule is Cc1ccc(NCCS(N)(=O)=O)cn1. The number of aromatic nitrogens is 1. The van der Waals surface area contributed by atoms with Crippen molar-refractivity contribution in [2.75, 3.05) is 17.6 Å². The van der Waals surface area contributed by atoms with Crippen LogP contribution < -0.4 is 10.5 Å². The summed E-state index contributed by atoms with van der Waals surface area (Å²) < 4.78 is 21.2. The molecule has 1 aromatic rings. The predicted octanol–water partition coefficient (Wildman–Crippen LogP) is 0.0904. The second-order valence-corrected chi connectivity index (χ2v) is 4.72. The Kier molecular flexibility index (Phi) is 3.43. The first-order chi connectivity index (χ1) is 6.47. The standard InChI is InChI=1S/C8H13N3O2S/c1-7-2-3-8(6-11-7)10-4-5-14(9,12)13/h2-3,6,10H,4-5H2,1H3,(H2,9,12,13). The van der Waals surface area contributed by atoms with Crippen molar-refractivity contribution in [2.45, 2.75) is 6.92 Å². The highest BCUT2D eigenvalue weighted by Crippen LogP contribution is 2.04. The van der Waals surface area contributed by atoms with Crippen LogP contribution >= 0.6 is 0 Å². The summed E-state index contributed by atoms with van der Waals surface area (Å²) in [6.07, 6.45) is 1.65. The molecule has 0 saturated carbocycles. The van der Waals surface area contributed by atoms with Gasteiger partial charge < -0.3 is 5.32 Å². The highest BCUT2D eigenvalue weighted by Gasteiger charge is 2.01. The van der Waals surface area contributed by atoms with Crippen molar-refractivity contribution in [3.05, 3.63) is 24.0 Å². The first-order valence-corrected chi connectivity index (χ1v) is 5.86. The molecule has 78 valence electrons. The Morgan fingerprint density at radius 3 is 2.71 bits per heavy atom. The summed E-state index contributed by atoms with van der Waals surface area (Å²) >= 11 is 0. The molecule has 0 bridgehead atoms. The van der Waals surface area contributed by atoms with E-state index in [1.165, 1.54) is 0 Å². The number of primary sulfonamides is 1. The molecular formula is C8H13N3O2S. The van der Waals surface area contributed by atoms with Crippen LogP contribution in [0.1, 0.15) is 5.69 Å². The van der Waals surface area contributed by atoms with E-state index in [-0.39, 0.29) is 5.75 Å². The second-order valence-electron chi connectivity index (χ2n) is 2.98. The fourth-order valence-electron chi connectivity index (χ4n) is 0.910. The van der Waals surface area contributed by atoms with Gasteiger partial charge in [-0.25, -0.2) is 13.6 Å². The summed E-state index contributed by atoms with van der Waals surface area (Å²) in [7, 11) is -3.39. The Morgan fingerprint density at radius 2 is 2.21 bits per heavy atom. The Bertz CT molecular complexity index is 386. The maximum Gasteiger partial charge on any atom is 0.210 e. The Labute approximate surface area is 83.4 Å². The van der Waals surface area contributed by atoms with Gasteiger partial charge in [0.25, 0.3) is 0 Å². The van der Waals surface area contributed by atoms with Crippen LogP contribution in [-0.2, 0) is 10.0 Å².